The molecule has 0 radical (unpaired) electrons. The van der Waals surface area contributed by atoms with E-state index in [4.69, 9.17) is 0 Å². The van der Waals surface area contributed by atoms with Gasteiger partial charge in [0.2, 0.25) is 23.6 Å². The molecular weight excluding hydrogens is 531 g/mol. The van der Waals surface area contributed by atoms with Gasteiger partial charge in [-0.25, -0.2) is 0 Å². The van der Waals surface area contributed by atoms with Crippen molar-refractivity contribution < 1.29 is 28.8 Å². The summed E-state index contributed by atoms with van der Waals surface area (Å²) in [5.41, 5.74) is 0. The fourth-order valence-electron chi connectivity index (χ4n) is 3.08. The molecule has 6 amide bonds. The molecule has 35 heavy (non-hydrogen) atoms. The summed E-state index contributed by atoms with van der Waals surface area (Å²) in [5, 5.41) is -0.245. The molecule has 0 aromatic heterocycles. The third kappa shape index (κ3) is 10.6. The van der Waals surface area contributed by atoms with E-state index in [0.717, 1.165) is 0 Å². The number of carbonyl (C=O) groups is 6. The maximum atomic E-state index is 11.3. The maximum Gasteiger partial charge on any atom is 0.253 e. The molecule has 0 aromatic carbocycles. The van der Waals surface area contributed by atoms with Crippen LogP contribution in [0.5, 0.6) is 0 Å². The average molecular weight is 568 g/mol. The van der Waals surface area contributed by atoms with Crippen molar-refractivity contribution >= 4 is 84.2 Å². The van der Waals surface area contributed by atoms with Gasteiger partial charge in [-0.15, -0.1) is 0 Å². The number of hydrogen-bond acceptors (Lipinski definition) is 10. The van der Waals surface area contributed by atoms with Crippen LogP contribution < -0.4 is 0 Å². The molecule has 3 heterocycles. The molecule has 0 bridgehead atoms. The van der Waals surface area contributed by atoms with Crippen molar-refractivity contribution in [3.8, 4) is 0 Å². The zero-order valence-electron chi connectivity index (χ0n) is 21.3. The molecule has 2 atom stereocenters. The first-order valence-corrected chi connectivity index (χ1v) is 15.2. The Morgan fingerprint density at radius 2 is 0.943 bits per heavy atom. The summed E-state index contributed by atoms with van der Waals surface area (Å²) in [6.07, 6.45) is 10.4. The van der Waals surface area contributed by atoms with Crippen LogP contribution in [0.25, 0.3) is 0 Å². The minimum Gasteiger partial charge on any atom is -0.282 e. The number of amides is 6. The Balaban J connectivity index is 0. The van der Waals surface area contributed by atoms with E-state index in [1.807, 2.05) is 26.4 Å². The van der Waals surface area contributed by atoms with Gasteiger partial charge in [-0.1, -0.05) is 0 Å². The number of thioether (sulfide) groups is 2. The molecule has 0 saturated carbocycles. The fraction of sp³-hybridized carbons (Fsp3) is 0.636. The van der Waals surface area contributed by atoms with Crippen LogP contribution in [-0.2, 0) is 28.8 Å². The number of thiol groups is 2. The van der Waals surface area contributed by atoms with Gasteiger partial charge in [0.1, 0.15) is 0 Å². The second kappa shape index (κ2) is 19.7. The number of carbonyl (C=O) groups excluding carboxylic acids is 6. The molecule has 2 saturated heterocycles. The Labute approximate surface area is 228 Å². The highest BCUT2D eigenvalue weighted by Gasteiger charge is 2.37. The lowest BCUT2D eigenvalue weighted by Crippen LogP contribution is -2.30. The van der Waals surface area contributed by atoms with Gasteiger partial charge in [0, 0.05) is 44.6 Å². The van der Waals surface area contributed by atoms with Gasteiger partial charge in [0.05, 0.1) is 10.5 Å². The Morgan fingerprint density at radius 1 is 0.657 bits per heavy atom. The highest BCUT2D eigenvalue weighted by atomic mass is 32.2. The van der Waals surface area contributed by atoms with Crippen molar-refractivity contribution in [2.75, 3.05) is 44.7 Å². The van der Waals surface area contributed by atoms with E-state index in [1.165, 1.54) is 50.4 Å². The van der Waals surface area contributed by atoms with E-state index >= 15 is 0 Å². The van der Waals surface area contributed by atoms with Crippen LogP contribution >= 0.6 is 48.8 Å². The van der Waals surface area contributed by atoms with Gasteiger partial charge in [-0.2, -0.15) is 48.8 Å². The van der Waals surface area contributed by atoms with Crippen molar-refractivity contribution in [1.29, 1.82) is 0 Å². The van der Waals surface area contributed by atoms with E-state index < -0.39 is 0 Å². The monoisotopic (exact) mass is 567 g/mol. The Morgan fingerprint density at radius 3 is 1.09 bits per heavy atom. The summed E-state index contributed by atoms with van der Waals surface area (Å²) < 4.78 is 0. The number of likely N-dealkylation sites (N-methyl/N-ethyl adjacent to an activating group) is 1. The van der Waals surface area contributed by atoms with Gasteiger partial charge in [-0.05, 0) is 45.8 Å². The molecule has 3 rings (SSSR count). The van der Waals surface area contributed by atoms with E-state index in [1.54, 1.807) is 19.4 Å². The van der Waals surface area contributed by atoms with E-state index in [2.05, 4.69) is 25.3 Å². The zero-order chi connectivity index (χ0) is 27.7. The fourth-order valence-corrected chi connectivity index (χ4v) is 4.36. The van der Waals surface area contributed by atoms with Crippen LogP contribution in [-0.4, -0.2) is 105 Å². The number of hydrogen-bond donors (Lipinski definition) is 2. The topological polar surface area (TPSA) is 112 Å². The predicted octanol–water partition coefficient (Wildman–Crippen LogP) is 2.02. The van der Waals surface area contributed by atoms with Gasteiger partial charge < -0.3 is 0 Å². The minimum atomic E-state index is -0.206. The molecule has 3 aliphatic rings. The third-order valence-electron chi connectivity index (χ3n) is 4.82. The number of imide groups is 3. The van der Waals surface area contributed by atoms with Crippen molar-refractivity contribution in [2.24, 2.45) is 0 Å². The van der Waals surface area contributed by atoms with E-state index in [-0.39, 0.29) is 45.9 Å². The smallest absolute Gasteiger partial charge is 0.253 e. The second-order valence-electron chi connectivity index (χ2n) is 6.56. The summed E-state index contributed by atoms with van der Waals surface area (Å²) in [5.74, 6) is -0.520. The molecule has 13 heteroatoms. The molecule has 0 N–H and O–H groups in total. The van der Waals surface area contributed by atoms with Gasteiger partial charge in [-0.3, -0.25) is 43.5 Å². The van der Waals surface area contributed by atoms with E-state index in [9.17, 15) is 28.8 Å². The predicted molar refractivity (Wildman–Crippen MR) is 150 cm³/mol. The number of rotatable bonds is 5. The molecular formula is C22H37N3O6S4. The minimum absolute atomic E-state index is 0.0231. The normalized spacial score (nSPS) is 20.5. The number of likely N-dealkylation sites (tertiary alicyclic amines) is 2. The second-order valence-corrected chi connectivity index (χ2v) is 8.64. The molecule has 0 aromatic rings. The first-order valence-electron chi connectivity index (χ1n) is 10.8. The lowest BCUT2D eigenvalue weighted by atomic mass is 10.4. The van der Waals surface area contributed by atoms with Crippen LogP contribution in [0.4, 0.5) is 0 Å². The first kappa shape index (κ1) is 35.7. The highest BCUT2D eigenvalue weighted by Crippen LogP contribution is 2.23. The average Bonchev–Trinajstić information content (AvgIpc) is 3.46. The van der Waals surface area contributed by atoms with Crippen molar-refractivity contribution in [3.05, 3.63) is 12.2 Å². The third-order valence-corrected chi connectivity index (χ3v) is 6.70. The van der Waals surface area contributed by atoms with Crippen molar-refractivity contribution in [2.45, 2.75) is 44.1 Å². The lowest BCUT2D eigenvalue weighted by Gasteiger charge is -2.09. The van der Waals surface area contributed by atoms with Crippen LogP contribution in [0.15, 0.2) is 12.2 Å². The van der Waals surface area contributed by atoms with Crippen LogP contribution in [0, 0.1) is 0 Å². The Bertz CT molecular complexity index is 718. The van der Waals surface area contributed by atoms with Crippen molar-refractivity contribution in [1.82, 2.24) is 14.7 Å². The quantitative estimate of drug-likeness (QED) is 0.383. The van der Waals surface area contributed by atoms with Crippen molar-refractivity contribution in [3.63, 3.8) is 0 Å². The molecule has 0 aliphatic carbocycles. The Hall–Kier alpha value is -1.44. The van der Waals surface area contributed by atoms with Crippen LogP contribution in [0.1, 0.15) is 33.6 Å². The molecule has 9 nitrogen and oxygen atoms in total. The van der Waals surface area contributed by atoms with Crippen LogP contribution in [0.3, 0.4) is 0 Å². The standard InChI is InChI=1S/2C7H11NO2S.C6H7NO2.2CH4S/c2*1-3-8-6(9)4-5(11-2)7(8)10;1-2-7-5(8)3-4-6(7)9;2*1-2/h2*5H,3-4H2,1-2H3;3-4H,2H2,1H3;2*2H,1H3. The first-order chi connectivity index (χ1) is 16.7. The summed E-state index contributed by atoms with van der Waals surface area (Å²) in [6, 6.07) is 0. The molecule has 2 unspecified atom stereocenters. The van der Waals surface area contributed by atoms with Gasteiger partial charge in [0.15, 0.2) is 0 Å². The highest BCUT2D eigenvalue weighted by molar-refractivity contribution is 8.00. The zero-order valence-corrected chi connectivity index (χ0v) is 24.8. The lowest BCUT2D eigenvalue weighted by molar-refractivity contribution is -0.139. The molecule has 200 valence electrons. The summed E-state index contributed by atoms with van der Waals surface area (Å²) in [4.78, 5) is 69.8. The summed E-state index contributed by atoms with van der Waals surface area (Å²) >= 11 is 9.96. The molecule has 2 fully saturated rings. The van der Waals surface area contributed by atoms with E-state index in [0.29, 0.717) is 32.5 Å². The number of nitrogens with zero attached hydrogens (tertiary/aromatic N) is 3. The molecule has 3 aliphatic heterocycles. The SMILES string of the molecule is CCN1C(=O)C=CC1=O.CCN1C(=O)CC(SC)C1=O.CCN1C(=O)CC(SC)C1=O.CS.CS. The van der Waals surface area contributed by atoms with Gasteiger partial charge >= 0.3 is 0 Å². The molecule has 0 spiro atoms. The van der Waals surface area contributed by atoms with Gasteiger partial charge in [0.25, 0.3) is 11.8 Å². The largest absolute Gasteiger partial charge is 0.282 e. The summed E-state index contributed by atoms with van der Waals surface area (Å²) in [6.45, 7) is 6.88. The summed E-state index contributed by atoms with van der Waals surface area (Å²) in [7, 11) is 0. The maximum absolute atomic E-state index is 11.3. The van der Waals surface area contributed by atoms with Crippen LogP contribution in [0.2, 0.25) is 0 Å². The Kier molecular flexibility index (Phi) is 20.1.